The molecule has 0 aromatic heterocycles. The minimum absolute atomic E-state index is 0.662. The molecule has 17 heavy (non-hydrogen) atoms. The Balaban J connectivity index is 4.34. The summed E-state index contributed by atoms with van der Waals surface area (Å²) in [6, 6.07) is 0. The van der Waals surface area contributed by atoms with E-state index >= 15 is 0 Å². The molecule has 0 bridgehead atoms. The van der Waals surface area contributed by atoms with Gasteiger partial charge in [-0.3, -0.25) is 4.79 Å². The summed E-state index contributed by atoms with van der Waals surface area (Å²) in [5, 5.41) is 27.3. The number of carbonyl (C=O) groups is 1. The van der Waals surface area contributed by atoms with Crippen LogP contribution in [0.25, 0.3) is 0 Å². The molecule has 102 valence electrons. The lowest BCUT2D eigenvalue weighted by atomic mass is 10.1. The average molecular weight is 272 g/mol. The van der Waals surface area contributed by atoms with E-state index in [4.69, 9.17) is 5.11 Å². The molecule has 9 nitrogen and oxygen atoms in total. The third kappa shape index (κ3) is 6.20. The fourth-order valence-electron chi connectivity index (χ4n) is 0.944. The smallest absolute Gasteiger partial charge is 0.189 e. The molecule has 0 aliphatic rings. The summed E-state index contributed by atoms with van der Waals surface area (Å²) in [6.45, 7) is -1.85. The van der Waals surface area contributed by atoms with Crippen LogP contribution >= 0.6 is 7.82 Å². The Hall–Kier alpha value is -0.380. The normalized spacial score (nSPS) is 17.5. The molecule has 0 rings (SSSR count). The van der Waals surface area contributed by atoms with E-state index in [1.54, 1.807) is 0 Å². The zero-order valence-electron chi connectivity index (χ0n) is 8.88. The Morgan fingerprint density at radius 2 is 1.94 bits per heavy atom. The lowest BCUT2D eigenvalue weighted by Crippen LogP contribution is -2.46. The van der Waals surface area contributed by atoms with Crippen LogP contribution in [0.1, 0.15) is 0 Å². The maximum atomic E-state index is 11.1. The number of Topliss-reactive ketones (excluding diaryl/α,β-unsaturated/α-hetero) is 1. The van der Waals surface area contributed by atoms with Gasteiger partial charge in [-0.25, -0.2) is 0 Å². The van der Waals surface area contributed by atoms with Crippen LogP contribution < -0.4 is 9.79 Å². The molecule has 0 fully saturated rings. The molecular formula is C7H13O9P-2. The molecule has 0 spiro atoms. The first kappa shape index (κ1) is 16.6. The van der Waals surface area contributed by atoms with Crippen molar-refractivity contribution in [3.8, 4) is 0 Å². The lowest BCUT2D eigenvalue weighted by molar-refractivity contribution is -0.341. The third-order valence-electron chi connectivity index (χ3n) is 1.88. The number of ether oxygens (including phenoxy) is 1. The predicted octanol–water partition coefficient (Wildman–Crippen LogP) is -3.87. The van der Waals surface area contributed by atoms with Crippen LogP contribution in [0.2, 0.25) is 0 Å². The van der Waals surface area contributed by atoms with Crippen LogP contribution in [0.4, 0.5) is 0 Å². The largest absolute Gasteiger partial charge is 0.790 e. The van der Waals surface area contributed by atoms with Gasteiger partial charge in [0, 0.05) is 7.11 Å². The minimum atomic E-state index is -5.32. The summed E-state index contributed by atoms with van der Waals surface area (Å²) < 4.78 is 18.2. The van der Waals surface area contributed by atoms with E-state index in [0.717, 1.165) is 7.11 Å². The van der Waals surface area contributed by atoms with Crippen molar-refractivity contribution in [1.29, 1.82) is 0 Å². The summed E-state index contributed by atoms with van der Waals surface area (Å²) in [7, 11) is -4.20. The molecule has 0 aliphatic carbocycles. The van der Waals surface area contributed by atoms with E-state index in [-0.39, 0.29) is 0 Å². The summed E-state index contributed by atoms with van der Waals surface area (Å²) in [5.41, 5.74) is 0. The van der Waals surface area contributed by atoms with Crippen LogP contribution in [0, 0.1) is 0 Å². The van der Waals surface area contributed by atoms with E-state index < -0.39 is 45.1 Å². The van der Waals surface area contributed by atoms with Crippen molar-refractivity contribution in [2.75, 3.05) is 20.3 Å². The lowest BCUT2D eigenvalue weighted by Gasteiger charge is -2.29. The van der Waals surface area contributed by atoms with Gasteiger partial charge in [0.25, 0.3) is 0 Å². The fraction of sp³-hybridized carbons (Fsp3) is 0.857. The number of methoxy groups -OCH3 is 1. The SMILES string of the molecule is CO[C@H](CO)C(O)C(O)C(=O)COP(=O)([O-])[O-]. The molecule has 0 heterocycles. The highest BCUT2D eigenvalue weighted by Gasteiger charge is 2.31. The van der Waals surface area contributed by atoms with Gasteiger partial charge in [-0.15, -0.1) is 0 Å². The molecular weight excluding hydrogens is 259 g/mol. The molecule has 0 saturated heterocycles. The average Bonchev–Trinajstić information content (AvgIpc) is 2.25. The molecule has 0 saturated carbocycles. The van der Waals surface area contributed by atoms with Crippen molar-refractivity contribution in [2.24, 2.45) is 0 Å². The van der Waals surface area contributed by atoms with Gasteiger partial charge in [0.1, 0.15) is 24.9 Å². The summed E-state index contributed by atoms with van der Waals surface area (Å²) in [5.74, 6) is -1.22. The van der Waals surface area contributed by atoms with E-state index in [2.05, 4.69) is 9.26 Å². The van der Waals surface area contributed by atoms with Crippen LogP contribution in [0.3, 0.4) is 0 Å². The Kier molecular flexibility index (Phi) is 6.98. The van der Waals surface area contributed by atoms with Crippen LogP contribution in [-0.2, 0) is 18.6 Å². The van der Waals surface area contributed by atoms with Crippen LogP contribution in [0.5, 0.6) is 0 Å². The zero-order valence-corrected chi connectivity index (χ0v) is 9.78. The van der Waals surface area contributed by atoms with Gasteiger partial charge < -0.3 is 38.9 Å². The van der Waals surface area contributed by atoms with Crippen LogP contribution in [-0.4, -0.2) is 59.7 Å². The first-order valence-electron chi connectivity index (χ1n) is 4.42. The van der Waals surface area contributed by atoms with Gasteiger partial charge in [0.15, 0.2) is 5.78 Å². The fourth-order valence-corrected chi connectivity index (χ4v) is 1.23. The number of ketones is 1. The highest BCUT2D eigenvalue weighted by atomic mass is 31.2. The Bertz CT molecular complexity index is 283. The Labute approximate surface area is 96.8 Å². The quantitative estimate of drug-likeness (QED) is 0.375. The molecule has 2 unspecified atom stereocenters. The summed E-state index contributed by atoms with van der Waals surface area (Å²) in [6.07, 6.45) is -5.02. The number of hydrogen-bond acceptors (Lipinski definition) is 9. The van der Waals surface area contributed by atoms with Crippen molar-refractivity contribution in [3.63, 3.8) is 0 Å². The van der Waals surface area contributed by atoms with Gasteiger partial charge in [-0.2, -0.15) is 0 Å². The van der Waals surface area contributed by atoms with Crippen molar-refractivity contribution >= 4 is 13.6 Å². The second-order valence-electron chi connectivity index (χ2n) is 3.08. The number of rotatable bonds is 8. The standard InChI is InChI=1S/C7H15O9P/c1-15-5(2-8)7(11)6(10)4(9)3-16-17(12,13)14/h5-8,10-11H,2-3H2,1H3,(H2,12,13,14)/p-2/t5-,6?,7?/m1/s1. The molecule has 0 aromatic carbocycles. The van der Waals surface area contributed by atoms with Crippen molar-refractivity contribution in [2.45, 2.75) is 18.3 Å². The number of aliphatic hydroxyl groups is 3. The second kappa shape index (κ2) is 7.14. The highest BCUT2D eigenvalue weighted by Crippen LogP contribution is 2.24. The number of hydrogen-bond donors (Lipinski definition) is 3. The Morgan fingerprint density at radius 1 is 1.41 bits per heavy atom. The van der Waals surface area contributed by atoms with Crippen molar-refractivity contribution < 1.29 is 43.7 Å². The Morgan fingerprint density at radius 3 is 2.29 bits per heavy atom. The molecule has 3 N–H and O–H groups in total. The minimum Gasteiger partial charge on any atom is -0.790 e. The number of phosphoric acid groups is 1. The van der Waals surface area contributed by atoms with Gasteiger partial charge in [-0.05, 0) is 0 Å². The second-order valence-corrected chi connectivity index (χ2v) is 4.23. The monoisotopic (exact) mass is 272 g/mol. The highest BCUT2D eigenvalue weighted by molar-refractivity contribution is 7.43. The van der Waals surface area contributed by atoms with Crippen molar-refractivity contribution in [1.82, 2.24) is 0 Å². The third-order valence-corrected chi connectivity index (χ3v) is 2.33. The van der Waals surface area contributed by atoms with Gasteiger partial charge in [0.05, 0.1) is 14.4 Å². The number of aliphatic hydroxyl groups excluding tert-OH is 3. The first-order valence-corrected chi connectivity index (χ1v) is 5.88. The van der Waals surface area contributed by atoms with Crippen molar-refractivity contribution in [3.05, 3.63) is 0 Å². The van der Waals surface area contributed by atoms with Gasteiger partial charge >= 0.3 is 0 Å². The first-order chi connectivity index (χ1) is 7.72. The van der Waals surface area contributed by atoms with E-state index in [0.29, 0.717) is 0 Å². The molecule has 3 atom stereocenters. The summed E-state index contributed by atoms with van der Waals surface area (Å²) >= 11 is 0. The summed E-state index contributed by atoms with van der Waals surface area (Å²) in [4.78, 5) is 31.2. The molecule has 0 radical (unpaired) electrons. The van der Waals surface area contributed by atoms with E-state index in [1.165, 1.54) is 0 Å². The molecule has 10 heteroatoms. The van der Waals surface area contributed by atoms with E-state index in [9.17, 15) is 29.4 Å². The van der Waals surface area contributed by atoms with Gasteiger partial charge in [0.2, 0.25) is 0 Å². The van der Waals surface area contributed by atoms with Gasteiger partial charge in [-0.1, -0.05) is 0 Å². The topological polar surface area (TPSA) is 159 Å². The van der Waals surface area contributed by atoms with E-state index in [1.807, 2.05) is 0 Å². The van der Waals surface area contributed by atoms with Crippen LogP contribution in [0.15, 0.2) is 0 Å². The molecule has 0 amide bonds. The zero-order chi connectivity index (χ0) is 13.6. The predicted molar refractivity (Wildman–Crippen MR) is 48.5 cm³/mol. The molecule has 0 aromatic rings. The molecule has 0 aliphatic heterocycles. The number of phosphoric ester groups is 1. The maximum Gasteiger partial charge on any atom is 0.189 e. The maximum absolute atomic E-state index is 11.1. The number of carbonyl (C=O) groups excluding carboxylic acids is 1.